The highest BCUT2D eigenvalue weighted by Gasteiger charge is 2.41. The summed E-state index contributed by atoms with van der Waals surface area (Å²) in [4.78, 5) is 2.37. The molecule has 0 fully saturated rings. The Balaban J connectivity index is 1.09. The fourth-order valence-electron chi connectivity index (χ4n) is 8.76. The van der Waals surface area contributed by atoms with Gasteiger partial charge in [0.15, 0.2) is 0 Å². The van der Waals surface area contributed by atoms with E-state index in [1.807, 2.05) is 0 Å². The molecule has 52 heavy (non-hydrogen) atoms. The largest absolute Gasteiger partial charge is 0.367 e. The molecule has 6 aromatic rings. The van der Waals surface area contributed by atoms with Gasteiger partial charge in [-0.05, 0) is 95.6 Å². The number of allylic oxidation sites excluding steroid dienone is 5. The van der Waals surface area contributed by atoms with Gasteiger partial charge in [-0.1, -0.05) is 127 Å². The summed E-state index contributed by atoms with van der Waals surface area (Å²) >= 11 is 0. The van der Waals surface area contributed by atoms with Gasteiger partial charge in [-0.2, -0.15) is 0 Å². The van der Waals surface area contributed by atoms with Crippen LogP contribution >= 0.6 is 0 Å². The summed E-state index contributed by atoms with van der Waals surface area (Å²) in [5.41, 5.74) is 19.5. The summed E-state index contributed by atoms with van der Waals surface area (Å²) in [6.07, 6.45) is 12.9. The number of nitrogens with zero attached hydrogens (tertiary/aromatic N) is 2. The molecular formula is C47H45N5. The molecule has 2 heterocycles. The van der Waals surface area contributed by atoms with Gasteiger partial charge in [0.2, 0.25) is 0 Å². The first-order valence-corrected chi connectivity index (χ1v) is 18.5. The fourth-order valence-corrected chi connectivity index (χ4v) is 8.76. The van der Waals surface area contributed by atoms with Gasteiger partial charge >= 0.3 is 0 Å². The van der Waals surface area contributed by atoms with Gasteiger partial charge in [-0.3, -0.25) is 14.8 Å². The number of likely N-dealkylation sites (N-methyl/N-ethyl adjacent to an activating group) is 1. The number of nitrogens with one attached hydrogen (secondary N) is 2. The Morgan fingerprint density at radius 3 is 2.29 bits per heavy atom. The van der Waals surface area contributed by atoms with E-state index in [0.29, 0.717) is 6.54 Å². The van der Waals surface area contributed by atoms with E-state index in [9.17, 15) is 0 Å². The topological polar surface area (TPSA) is 58.2 Å². The number of para-hydroxylation sites is 1. The molecule has 1 aromatic heterocycles. The summed E-state index contributed by atoms with van der Waals surface area (Å²) in [6.45, 7) is 3.87. The second-order valence-electron chi connectivity index (χ2n) is 14.6. The molecule has 5 heteroatoms. The predicted octanol–water partition coefficient (Wildman–Crippen LogP) is 9.07. The maximum Gasteiger partial charge on any atom is 0.111 e. The van der Waals surface area contributed by atoms with Crippen molar-refractivity contribution >= 4 is 27.6 Å². The van der Waals surface area contributed by atoms with E-state index in [2.05, 4.69) is 186 Å². The van der Waals surface area contributed by atoms with Gasteiger partial charge in [-0.25, -0.2) is 0 Å². The number of aromatic nitrogens is 1. The minimum Gasteiger partial charge on any atom is -0.367 e. The highest BCUT2D eigenvalue weighted by molar-refractivity contribution is 6.12. The molecule has 0 saturated carbocycles. The van der Waals surface area contributed by atoms with Gasteiger partial charge in [-0.15, -0.1) is 0 Å². The fraction of sp³-hybridized carbons (Fsp3) is 0.191. The number of fused-ring (bicyclic) bond motifs is 6. The zero-order valence-electron chi connectivity index (χ0n) is 29.9. The van der Waals surface area contributed by atoms with E-state index < -0.39 is 0 Å². The molecule has 0 radical (unpaired) electrons. The molecule has 258 valence electrons. The van der Waals surface area contributed by atoms with Crippen molar-refractivity contribution in [2.45, 2.75) is 44.1 Å². The Morgan fingerprint density at radius 2 is 1.52 bits per heavy atom. The van der Waals surface area contributed by atoms with Crippen molar-refractivity contribution in [3.8, 4) is 11.1 Å². The Kier molecular flexibility index (Phi) is 8.27. The van der Waals surface area contributed by atoms with Crippen molar-refractivity contribution in [2.75, 3.05) is 13.6 Å². The molecule has 3 unspecified atom stereocenters. The van der Waals surface area contributed by atoms with Crippen LogP contribution in [0.3, 0.4) is 0 Å². The van der Waals surface area contributed by atoms with Crippen molar-refractivity contribution in [3.05, 3.63) is 185 Å². The van der Waals surface area contributed by atoms with Crippen LogP contribution in [0.1, 0.15) is 42.0 Å². The third kappa shape index (κ3) is 5.44. The average Bonchev–Trinajstić information content (AvgIpc) is 3.66. The van der Waals surface area contributed by atoms with E-state index in [1.165, 1.54) is 60.8 Å². The molecule has 0 saturated heterocycles. The lowest BCUT2D eigenvalue weighted by atomic mass is 9.74. The van der Waals surface area contributed by atoms with Crippen LogP contribution in [0, 0.1) is 0 Å². The quantitative estimate of drug-likeness (QED) is 0.134. The molecule has 3 aliphatic rings. The average molecular weight is 680 g/mol. The van der Waals surface area contributed by atoms with E-state index >= 15 is 0 Å². The summed E-state index contributed by atoms with van der Waals surface area (Å²) < 4.78 is 2.40. The molecule has 5 nitrogen and oxygen atoms in total. The molecule has 0 bridgehead atoms. The van der Waals surface area contributed by atoms with E-state index in [0.717, 1.165) is 30.8 Å². The van der Waals surface area contributed by atoms with Crippen molar-refractivity contribution in [2.24, 2.45) is 5.73 Å². The minimum atomic E-state index is -0.313. The summed E-state index contributed by atoms with van der Waals surface area (Å²) in [6, 6.07) is 44.2. The predicted molar refractivity (Wildman–Crippen MR) is 217 cm³/mol. The van der Waals surface area contributed by atoms with Gasteiger partial charge < -0.3 is 11.1 Å². The van der Waals surface area contributed by atoms with Crippen LogP contribution in [0.5, 0.6) is 0 Å². The molecule has 3 atom stereocenters. The van der Waals surface area contributed by atoms with Crippen LogP contribution < -0.4 is 16.4 Å². The van der Waals surface area contributed by atoms with Crippen LogP contribution in [0.15, 0.2) is 163 Å². The van der Waals surface area contributed by atoms with Crippen molar-refractivity contribution < 1.29 is 0 Å². The number of hydrogen-bond donors (Lipinski definition) is 3. The molecule has 9 rings (SSSR count). The van der Waals surface area contributed by atoms with E-state index in [1.54, 1.807) is 0 Å². The van der Waals surface area contributed by atoms with Gasteiger partial charge in [0.25, 0.3) is 0 Å². The molecular weight excluding hydrogens is 635 g/mol. The van der Waals surface area contributed by atoms with Crippen LogP contribution in [-0.2, 0) is 12.0 Å². The van der Waals surface area contributed by atoms with Crippen molar-refractivity contribution in [1.82, 2.24) is 20.1 Å². The number of nitrogens with two attached hydrogens (primary N) is 1. The molecule has 4 N–H and O–H groups in total. The van der Waals surface area contributed by atoms with Gasteiger partial charge in [0.05, 0.1) is 23.4 Å². The summed E-state index contributed by atoms with van der Waals surface area (Å²) in [5.74, 6) is 1.05. The number of benzene rings is 5. The first-order valence-electron chi connectivity index (χ1n) is 18.5. The van der Waals surface area contributed by atoms with Crippen LogP contribution in [0.2, 0.25) is 0 Å². The summed E-state index contributed by atoms with van der Waals surface area (Å²) in [7, 11) is 2.18. The lowest BCUT2D eigenvalue weighted by Crippen LogP contribution is -2.54. The molecule has 2 aliphatic carbocycles. The normalized spacial score (nSPS) is 19.1. The monoisotopic (exact) mass is 679 g/mol. The van der Waals surface area contributed by atoms with E-state index in [4.69, 9.17) is 5.73 Å². The van der Waals surface area contributed by atoms with Crippen LogP contribution in [-0.4, -0.2) is 35.4 Å². The smallest absolute Gasteiger partial charge is 0.111 e. The maximum absolute atomic E-state index is 6.99. The van der Waals surface area contributed by atoms with Gasteiger partial charge in [0.1, 0.15) is 5.82 Å². The molecule has 0 spiro atoms. The van der Waals surface area contributed by atoms with Crippen LogP contribution in [0.25, 0.3) is 38.8 Å². The lowest BCUT2D eigenvalue weighted by molar-refractivity contribution is 0.211. The Hall–Kier alpha value is -5.46. The number of rotatable bonds is 9. The second kappa shape index (κ2) is 13.3. The SMILES string of the molecule is CN(Cc1ccccc1)C(NC(N)C1=CC=C(n2c3ccccc3c3cc4c(cc32)C(C)(c2ccccc2)c2ccccc2-4)NC1)C1=CC=CCC1. The Labute approximate surface area is 306 Å². The van der Waals surface area contributed by atoms with Crippen LogP contribution in [0.4, 0.5) is 0 Å². The second-order valence-corrected chi connectivity index (χ2v) is 14.6. The Morgan fingerprint density at radius 1 is 0.769 bits per heavy atom. The first-order chi connectivity index (χ1) is 25.5. The Bertz CT molecular complexity index is 2410. The van der Waals surface area contributed by atoms with Crippen molar-refractivity contribution in [1.29, 1.82) is 0 Å². The van der Waals surface area contributed by atoms with E-state index in [-0.39, 0.29) is 17.7 Å². The molecule has 0 amide bonds. The third-order valence-corrected chi connectivity index (χ3v) is 11.5. The highest BCUT2D eigenvalue weighted by Crippen LogP contribution is 2.54. The number of hydrogen-bond acceptors (Lipinski definition) is 4. The summed E-state index contributed by atoms with van der Waals surface area (Å²) in [5, 5.41) is 10.1. The minimum absolute atomic E-state index is 0.0221. The first kappa shape index (κ1) is 32.4. The zero-order chi connectivity index (χ0) is 35.2. The molecule has 1 aliphatic heterocycles. The number of dihydropyridines is 1. The zero-order valence-corrected chi connectivity index (χ0v) is 29.9. The maximum atomic E-state index is 6.99. The standard InChI is InChI=1S/C47H45N5/c1-47(35-20-10-5-11-21-35)40-24-14-12-22-36(40)38-28-39-37-23-13-15-25-42(37)52(43(39)29-41(38)47)44-27-26-34(30-49-44)45(48)50-46(33-18-8-4-9-19-33)51(2)31-32-16-6-3-7-17-32/h3-8,10-18,20-29,45-46,49-50H,9,19,30-31,48H2,1-2H3. The van der Waals surface area contributed by atoms with Gasteiger partial charge in [0, 0.05) is 29.3 Å². The molecule has 5 aromatic carbocycles. The lowest BCUT2D eigenvalue weighted by Gasteiger charge is -2.35. The highest BCUT2D eigenvalue weighted by atomic mass is 15.3. The van der Waals surface area contributed by atoms with Crippen molar-refractivity contribution in [3.63, 3.8) is 0 Å². The third-order valence-electron chi connectivity index (χ3n) is 11.5.